The van der Waals surface area contributed by atoms with Crippen molar-refractivity contribution in [1.29, 1.82) is 0 Å². The molecule has 3 nitrogen and oxygen atoms in total. The number of nitrogens with zero attached hydrogens (tertiary/aromatic N) is 1. The minimum atomic E-state index is -0.877. The standard InChI is InChI=1S/C14H18BrNO2/c1-3-12-5-4-9(2)16(12)13-7-10(14(17)18)6-11(15)8-13/h6-9,12H,3-5H2,1-2H3,(H,17,18). The summed E-state index contributed by atoms with van der Waals surface area (Å²) in [5.74, 6) is -0.877. The fourth-order valence-electron chi connectivity index (χ4n) is 2.78. The summed E-state index contributed by atoms with van der Waals surface area (Å²) in [6, 6.07) is 6.43. The summed E-state index contributed by atoms with van der Waals surface area (Å²) in [4.78, 5) is 13.5. The van der Waals surface area contributed by atoms with Gasteiger partial charge in [-0.05, 0) is 44.4 Å². The number of carbonyl (C=O) groups is 1. The van der Waals surface area contributed by atoms with Crippen molar-refractivity contribution in [2.75, 3.05) is 4.90 Å². The molecule has 4 heteroatoms. The molecular formula is C14H18BrNO2. The van der Waals surface area contributed by atoms with E-state index in [0.717, 1.165) is 16.6 Å². The van der Waals surface area contributed by atoms with Crippen molar-refractivity contribution in [1.82, 2.24) is 0 Å². The Bertz CT molecular complexity index is 461. The van der Waals surface area contributed by atoms with Crippen molar-refractivity contribution < 1.29 is 9.90 Å². The highest BCUT2D eigenvalue weighted by atomic mass is 79.9. The van der Waals surface area contributed by atoms with Crippen molar-refractivity contribution in [2.24, 2.45) is 0 Å². The summed E-state index contributed by atoms with van der Waals surface area (Å²) >= 11 is 3.40. The Morgan fingerprint density at radius 3 is 2.78 bits per heavy atom. The molecule has 0 radical (unpaired) electrons. The van der Waals surface area contributed by atoms with Crippen LogP contribution in [0, 0.1) is 0 Å². The first-order chi connectivity index (χ1) is 8.52. The Balaban J connectivity index is 2.40. The van der Waals surface area contributed by atoms with Crippen LogP contribution >= 0.6 is 15.9 Å². The van der Waals surface area contributed by atoms with Gasteiger partial charge in [-0.2, -0.15) is 0 Å². The number of anilines is 1. The molecule has 1 saturated heterocycles. The van der Waals surface area contributed by atoms with Crippen LogP contribution in [0.3, 0.4) is 0 Å². The van der Waals surface area contributed by atoms with Crippen LogP contribution < -0.4 is 4.90 Å². The molecule has 2 rings (SSSR count). The lowest BCUT2D eigenvalue weighted by Crippen LogP contribution is -2.34. The smallest absolute Gasteiger partial charge is 0.335 e. The van der Waals surface area contributed by atoms with Crippen LogP contribution in [0.2, 0.25) is 0 Å². The van der Waals surface area contributed by atoms with Gasteiger partial charge in [-0.15, -0.1) is 0 Å². The third-order valence-corrected chi connectivity index (χ3v) is 4.14. The first kappa shape index (κ1) is 13.4. The lowest BCUT2D eigenvalue weighted by atomic mass is 10.1. The minimum absolute atomic E-state index is 0.341. The molecule has 2 unspecified atom stereocenters. The minimum Gasteiger partial charge on any atom is -0.478 e. The molecular weight excluding hydrogens is 294 g/mol. The van der Waals surface area contributed by atoms with E-state index in [1.54, 1.807) is 12.1 Å². The fourth-order valence-corrected chi connectivity index (χ4v) is 3.27. The molecule has 1 aromatic rings. The maximum absolute atomic E-state index is 11.1. The van der Waals surface area contributed by atoms with Gasteiger partial charge >= 0.3 is 5.97 Å². The van der Waals surface area contributed by atoms with E-state index >= 15 is 0 Å². The predicted molar refractivity (Wildman–Crippen MR) is 76.4 cm³/mol. The van der Waals surface area contributed by atoms with Gasteiger partial charge in [0.25, 0.3) is 0 Å². The number of carboxylic acids is 1. The predicted octanol–water partition coefficient (Wildman–Crippen LogP) is 3.91. The zero-order valence-electron chi connectivity index (χ0n) is 10.7. The summed E-state index contributed by atoms with van der Waals surface area (Å²) < 4.78 is 0.825. The summed E-state index contributed by atoms with van der Waals surface area (Å²) in [5.41, 5.74) is 1.35. The zero-order valence-corrected chi connectivity index (χ0v) is 12.3. The SMILES string of the molecule is CCC1CCC(C)N1c1cc(Br)cc(C(=O)O)c1. The number of halogens is 1. The van der Waals surface area contributed by atoms with E-state index in [1.807, 2.05) is 6.07 Å². The Hall–Kier alpha value is -1.03. The lowest BCUT2D eigenvalue weighted by molar-refractivity contribution is 0.0697. The van der Waals surface area contributed by atoms with E-state index in [1.165, 1.54) is 12.8 Å². The van der Waals surface area contributed by atoms with Gasteiger partial charge in [0.15, 0.2) is 0 Å². The van der Waals surface area contributed by atoms with E-state index in [4.69, 9.17) is 5.11 Å². The average Bonchev–Trinajstić information content (AvgIpc) is 2.69. The quantitative estimate of drug-likeness (QED) is 0.920. The van der Waals surface area contributed by atoms with E-state index in [0.29, 0.717) is 17.6 Å². The van der Waals surface area contributed by atoms with Crippen molar-refractivity contribution in [3.05, 3.63) is 28.2 Å². The monoisotopic (exact) mass is 311 g/mol. The molecule has 0 spiro atoms. The maximum Gasteiger partial charge on any atom is 0.335 e. The summed E-state index contributed by atoms with van der Waals surface area (Å²) in [7, 11) is 0. The van der Waals surface area contributed by atoms with Gasteiger partial charge in [-0.3, -0.25) is 0 Å². The average molecular weight is 312 g/mol. The lowest BCUT2D eigenvalue weighted by Gasteiger charge is -2.30. The largest absolute Gasteiger partial charge is 0.478 e. The number of benzene rings is 1. The first-order valence-corrected chi connectivity index (χ1v) is 7.14. The van der Waals surface area contributed by atoms with Crippen LogP contribution in [0.1, 0.15) is 43.5 Å². The van der Waals surface area contributed by atoms with E-state index in [-0.39, 0.29) is 0 Å². The Morgan fingerprint density at radius 1 is 1.44 bits per heavy atom. The number of rotatable bonds is 3. The molecule has 0 saturated carbocycles. The van der Waals surface area contributed by atoms with E-state index in [2.05, 4.69) is 34.7 Å². The first-order valence-electron chi connectivity index (χ1n) is 6.35. The third-order valence-electron chi connectivity index (χ3n) is 3.68. The third kappa shape index (κ3) is 2.53. The second kappa shape index (κ2) is 5.31. The fraction of sp³-hybridized carbons (Fsp3) is 0.500. The van der Waals surface area contributed by atoms with Gasteiger partial charge in [-0.1, -0.05) is 22.9 Å². The maximum atomic E-state index is 11.1. The van der Waals surface area contributed by atoms with Gasteiger partial charge in [-0.25, -0.2) is 4.79 Å². The van der Waals surface area contributed by atoms with Gasteiger partial charge in [0.2, 0.25) is 0 Å². The number of hydrogen-bond donors (Lipinski definition) is 1. The number of carboxylic acid groups (broad SMARTS) is 1. The molecule has 2 atom stereocenters. The molecule has 18 heavy (non-hydrogen) atoms. The molecule has 98 valence electrons. The van der Waals surface area contributed by atoms with Crippen molar-refractivity contribution in [2.45, 2.75) is 45.2 Å². The van der Waals surface area contributed by atoms with Crippen molar-refractivity contribution in [3.63, 3.8) is 0 Å². The van der Waals surface area contributed by atoms with E-state index in [9.17, 15) is 4.79 Å². The highest BCUT2D eigenvalue weighted by molar-refractivity contribution is 9.10. The molecule has 1 aromatic carbocycles. The normalized spacial score (nSPS) is 23.4. The second-order valence-corrected chi connectivity index (χ2v) is 5.81. The zero-order chi connectivity index (χ0) is 13.3. The van der Waals surface area contributed by atoms with Crippen LogP contribution in [0.15, 0.2) is 22.7 Å². The molecule has 1 aliphatic heterocycles. The van der Waals surface area contributed by atoms with Crippen LogP contribution in [-0.2, 0) is 0 Å². The molecule has 0 aliphatic carbocycles. The van der Waals surface area contributed by atoms with Crippen LogP contribution in [0.4, 0.5) is 5.69 Å². The summed E-state index contributed by atoms with van der Waals surface area (Å²) in [5, 5.41) is 9.13. The molecule has 1 aliphatic rings. The van der Waals surface area contributed by atoms with Gasteiger partial charge < -0.3 is 10.0 Å². The highest BCUT2D eigenvalue weighted by Gasteiger charge is 2.29. The molecule has 1 fully saturated rings. The molecule has 0 bridgehead atoms. The molecule has 1 N–H and O–H groups in total. The summed E-state index contributed by atoms with van der Waals surface area (Å²) in [6.45, 7) is 4.39. The van der Waals surface area contributed by atoms with Gasteiger partial charge in [0.05, 0.1) is 5.56 Å². The van der Waals surface area contributed by atoms with Crippen LogP contribution in [-0.4, -0.2) is 23.2 Å². The van der Waals surface area contributed by atoms with Gasteiger partial charge in [0, 0.05) is 22.2 Å². The highest BCUT2D eigenvalue weighted by Crippen LogP contribution is 2.34. The molecule has 0 amide bonds. The van der Waals surface area contributed by atoms with Gasteiger partial charge in [0.1, 0.15) is 0 Å². The van der Waals surface area contributed by atoms with Crippen LogP contribution in [0.25, 0.3) is 0 Å². The summed E-state index contributed by atoms with van der Waals surface area (Å²) in [6.07, 6.45) is 3.46. The molecule has 0 aromatic heterocycles. The van der Waals surface area contributed by atoms with Crippen molar-refractivity contribution in [3.8, 4) is 0 Å². The Kier molecular flexibility index (Phi) is 3.95. The topological polar surface area (TPSA) is 40.5 Å². The van der Waals surface area contributed by atoms with E-state index < -0.39 is 5.97 Å². The Morgan fingerprint density at radius 2 is 2.17 bits per heavy atom. The Labute approximate surface area is 116 Å². The molecule has 1 heterocycles. The number of aromatic carboxylic acids is 1. The number of hydrogen-bond acceptors (Lipinski definition) is 2. The van der Waals surface area contributed by atoms with Crippen molar-refractivity contribution >= 4 is 27.6 Å². The van der Waals surface area contributed by atoms with Crippen LogP contribution in [0.5, 0.6) is 0 Å². The second-order valence-electron chi connectivity index (χ2n) is 4.90.